The molecule has 0 bridgehead atoms. The van der Waals surface area contributed by atoms with E-state index in [2.05, 4.69) is 0 Å². The molecular formula is C12H16N2O2S. The summed E-state index contributed by atoms with van der Waals surface area (Å²) in [6.45, 7) is 1.09. The minimum absolute atomic E-state index is 0.00778. The van der Waals surface area contributed by atoms with E-state index in [0.717, 1.165) is 5.69 Å². The maximum absolute atomic E-state index is 11.8. The molecule has 1 fully saturated rings. The lowest BCUT2D eigenvalue weighted by molar-refractivity contribution is -0.128. The maximum atomic E-state index is 11.8. The third kappa shape index (κ3) is 2.80. The molecule has 2 N–H and O–H groups in total. The second kappa shape index (κ2) is 5.53. The Morgan fingerprint density at radius 3 is 2.76 bits per heavy atom. The number of hydrogen-bond donors (Lipinski definition) is 1. The van der Waals surface area contributed by atoms with Crippen LogP contribution in [0.5, 0.6) is 0 Å². The predicted molar refractivity (Wildman–Crippen MR) is 69.4 cm³/mol. The van der Waals surface area contributed by atoms with Crippen molar-refractivity contribution in [1.29, 1.82) is 0 Å². The molecule has 4 nitrogen and oxygen atoms in total. The number of carbonyl (C=O) groups excluding carboxylic acids is 1. The zero-order valence-electron chi connectivity index (χ0n) is 9.76. The number of nitrogens with two attached hydrogens (primary N) is 1. The average molecular weight is 252 g/mol. The van der Waals surface area contributed by atoms with Gasteiger partial charge in [-0.1, -0.05) is 0 Å². The lowest BCUT2D eigenvalue weighted by Gasteiger charge is -2.32. The van der Waals surface area contributed by atoms with E-state index >= 15 is 0 Å². The minimum atomic E-state index is -0.0621. The SMILES string of the molecule is CSc1ccc(N2CC(CN)OCC2=O)cc1. The maximum Gasteiger partial charge on any atom is 0.253 e. The number of anilines is 1. The fraction of sp³-hybridized carbons (Fsp3) is 0.417. The van der Waals surface area contributed by atoms with Crippen molar-refractivity contribution >= 4 is 23.4 Å². The minimum Gasteiger partial charge on any atom is -0.365 e. The first-order valence-corrected chi connectivity index (χ1v) is 6.73. The van der Waals surface area contributed by atoms with E-state index in [4.69, 9.17) is 10.5 Å². The van der Waals surface area contributed by atoms with Crippen LogP contribution in [0.1, 0.15) is 0 Å². The summed E-state index contributed by atoms with van der Waals surface area (Å²) < 4.78 is 5.32. The number of rotatable bonds is 3. The molecule has 1 aliphatic rings. The van der Waals surface area contributed by atoms with Gasteiger partial charge in [0, 0.05) is 17.1 Å². The Labute approximate surface area is 105 Å². The molecule has 1 heterocycles. The molecule has 2 rings (SSSR count). The highest BCUT2D eigenvalue weighted by atomic mass is 32.2. The van der Waals surface area contributed by atoms with Crippen molar-refractivity contribution in [3.05, 3.63) is 24.3 Å². The molecule has 0 aliphatic carbocycles. The van der Waals surface area contributed by atoms with Gasteiger partial charge in [0.1, 0.15) is 6.61 Å². The van der Waals surface area contributed by atoms with E-state index < -0.39 is 0 Å². The van der Waals surface area contributed by atoms with Crippen LogP contribution in [-0.4, -0.2) is 38.0 Å². The third-order valence-corrected chi connectivity index (χ3v) is 3.52. The van der Waals surface area contributed by atoms with Gasteiger partial charge in [0.15, 0.2) is 0 Å². The van der Waals surface area contributed by atoms with Gasteiger partial charge in [-0.25, -0.2) is 0 Å². The van der Waals surface area contributed by atoms with Crippen molar-refractivity contribution < 1.29 is 9.53 Å². The van der Waals surface area contributed by atoms with Gasteiger partial charge in [0.2, 0.25) is 0 Å². The lowest BCUT2D eigenvalue weighted by atomic mass is 10.2. The first-order chi connectivity index (χ1) is 8.24. The van der Waals surface area contributed by atoms with Gasteiger partial charge in [0.25, 0.3) is 5.91 Å². The summed E-state index contributed by atoms with van der Waals surface area (Å²) in [5.74, 6) is -0.00778. The van der Waals surface area contributed by atoms with Crippen molar-refractivity contribution in [2.45, 2.75) is 11.0 Å². The number of hydrogen-bond acceptors (Lipinski definition) is 4. The molecule has 1 aliphatic heterocycles. The van der Waals surface area contributed by atoms with Gasteiger partial charge in [0.05, 0.1) is 12.6 Å². The largest absolute Gasteiger partial charge is 0.365 e. The van der Waals surface area contributed by atoms with E-state index in [1.807, 2.05) is 30.5 Å². The molecule has 0 radical (unpaired) electrons. The third-order valence-electron chi connectivity index (χ3n) is 2.78. The number of amides is 1. The summed E-state index contributed by atoms with van der Waals surface area (Å²) in [5, 5.41) is 0. The average Bonchev–Trinajstić information content (AvgIpc) is 2.39. The molecule has 0 saturated carbocycles. The highest BCUT2D eigenvalue weighted by Crippen LogP contribution is 2.22. The van der Waals surface area contributed by atoms with Crippen molar-refractivity contribution in [1.82, 2.24) is 0 Å². The molecule has 0 aromatic heterocycles. The summed E-state index contributed by atoms with van der Waals surface area (Å²) in [5.41, 5.74) is 6.48. The Morgan fingerprint density at radius 2 is 2.18 bits per heavy atom. The van der Waals surface area contributed by atoms with Gasteiger partial charge < -0.3 is 15.4 Å². The van der Waals surface area contributed by atoms with Crippen LogP contribution in [-0.2, 0) is 9.53 Å². The summed E-state index contributed by atoms with van der Waals surface area (Å²) >= 11 is 1.68. The van der Waals surface area contributed by atoms with Crippen LogP contribution in [0.4, 0.5) is 5.69 Å². The predicted octanol–water partition coefficient (Wildman–Crippen LogP) is 1.10. The van der Waals surface area contributed by atoms with Crippen molar-refractivity contribution in [2.75, 3.05) is 30.9 Å². The number of nitrogens with zero attached hydrogens (tertiary/aromatic N) is 1. The number of morpholine rings is 1. The molecule has 1 saturated heterocycles. The summed E-state index contributed by atoms with van der Waals surface area (Å²) in [6.07, 6.45) is 1.97. The van der Waals surface area contributed by atoms with E-state index in [9.17, 15) is 4.79 Å². The van der Waals surface area contributed by atoms with Crippen molar-refractivity contribution in [3.63, 3.8) is 0 Å². The highest BCUT2D eigenvalue weighted by molar-refractivity contribution is 7.98. The van der Waals surface area contributed by atoms with E-state index in [1.54, 1.807) is 16.7 Å². The number of benzene rings is 1. The molecule has 5 heteroatoms. The second-order valence-electron chi connectivity index (χ2n) is 3.87. The van der Waals surface area contributed by atoms with Crippen molar-refractivity contribution in [2.24, 2.45) is 5.73 Å². The highest BCUT2D eigenvalue weighted by Gasteiger charge is 2.26. The van der Waals surface area contributed by atoms with Crippen LogP contribution in [0.15, 0.2) is 29.2 Å². The number of carbonyl (C=O) groups is 1. The van der Waals surface area contributed by atoms with Gasteiger partial charge in [-0.2, -0.15) is 0 Å². The van der Waals surface area contributed by atoms with Gasteiger partial charge in [-0.05, 0) is 30.5 Å². The number of ether oxygens (including phenoxy) is 1. The standard InChI is InChI=1S/C12H16N2O2S/c1-17-11-4-2-9(3-5-11)14-7-10(6-13)16-8-12(14)15/h2-5,10H,6-8,13H2,1H3. The summed E-state index contributed by atoms with van der Waals surface area (Å²) in [6, 6.07) is 7.95. The van der Waals surface area contributed by atoms with Crippen LogP contribution in [0.3, 0.4) is 0 Å². The Hall–Kier alpha value is -1.04. The molecule has 0 spiro atoms. The smallest absolute Gasteiger partial charge is 0.253 e. The van der Waals surface area contributed by atoms with Gasteiger partial charge in [-0.3, -0.25) is 4.79 Å². The molecule has 17 heavy (non-hydrogen) atoms. The number of thioether (sulfide) groups is 1. The Bertz CT molecular complexity index is 394. The fourth-order valence-electron chi connectivity index (χ4n) is 1.78. The Balaban J connectivity index is 2.15. The topological polar surface area (TPSA) is 55.6 Å². The summed E-state index contributed by atoms with van der Waals surface area (Å²) in [7, 11) is 0. The van der Waals surface area contributed by atoms with Crippen LogP contribution in [0, 0.1) is 0 Å². The van der Waals surface area contributed by atoms with Crippen molar-refractivity contribution in [3.8, 4) is 0 Å². The first kappa shape index (κ1) is 12.4. The van der Waals surface area contributed by atoms with Crippen LogP contribution >= 0.6 is 11.8 Å². The lowest BCUT2D eigenvalue weighted by Crippen LogP contribution is -2.49. The normalized spacial score (nSPS) is 20.7. The molecule has 1 aromatic carbocycles. The van der Waals surface area contributed by atoms with Crippen LogP contribution in [0.25, 0.3) is 0 Å². The van der Waals surface area contributed by atoms with Gasteiger partial charge in [-0.15, -0.1) is 11.8 Å². The van der Waals surface area contributed by atoms with Gasteiger partial charge >= 0.3 is 0 Å². The Morgan fingerprint density at radius 1 is 1.47 bits per heavy atom. The first-order valence-electron chi connectivity index (χ1n) is 5.50. The Kier molecular flexibility index (Phi) is 4.04. The second-order valence-corrected chi connectivity index (χ2v) is 4.75. The van der Waals surface area contributed by atoms with E-state index in [0.29, 0.717) is 13.1 Å². The monoisotopic (exact) mass is 252 g/mol. The molecule has 1 atom stereocenters. The molecule has 1 amide bonds. The zero-order chi connectivity index (χ0) is 12.3. The van der Waals surface area contributed by atoms with E-state index in [-0.39, 0.29) is 18.6 Å². The zero-order valence-corrected chi connectivity index (χ0v) is 10.6. The molecule has 1 aromatic rings. The molecule has 1 unspecified atom stereocenters. The summed E-state index contributed by atoms with van der Waals surface area (Å²) in [4.78, 5) is 14.7. The molecular weight excluding hydrogens is 236 g/mol. The van der Waals surface area contributed by atoms with Crippen LogP contribution < -0.4 is 10.6 Å². The van der Waals surface area contributed by atoms with Crippen LogP contribution in [0.2, 0.25) is 0 Å². The quantitative estimate of drug-likeness (QED) is 0.818. The molecule has 92 valence electrons. The fourth-order valence-corrected chi connectivity index (χ4v) is 2.19. The van der Waals surface area contributed by atoms with E-state index in [1.165, 1.54) is 4.90 Å².